The Morgan fingerprint density at radius 3 is 2.76 bits per heavy atom. The van der Waals surface area contributed by atoms with E-state index < -0.39 is 0 Å². The van der Waals surface area contributed by atoms with Crippen LogP contribution < -0.4 is 10.6 Å². The highest BCUT2D eigenvalue weighted by molar-refractivity contribution is 14.0. The van der Waals surface area contributed by atoms with Crippen LogP contribution in [-0.2, 0) is 13.0 Å². The molecule has 0 unspecified atom stereocenters. The number of pyridine rings is 1. The van der Waals surface area contributed by atoms with E-state index >= 15 is 0 Å². The second-order valence-electron chi connectivity index (χ2n) is 4.22. The first kappa shape index (κ1) is 18.2. The van der Waals surface area contributed by atoms with Gasteiger partial charge in [0.15, 0.2) is 5.96 Å². The molecule has 0 aliphatic rings. The first-order valence-electron chi connectivity index (χ1n) is 6.34. The fourth-order valence-corrected chi connectivity index (χ4v) is 2.46. The minimum Gasteiger partial charge on any atom is -0.356 e. The van der Waals surface area contributed by atoms with Crippen LogP contribution in [0.3, 0.4) is 0 Å². The molecule has 7 heteroatoms. The molecule has 2 rings (SSSR count). The summed E-state index contributed by atoms with van der Waals surface area (Å²) in [6.45, 7) is 1.58. The lowest BCUT2D eigenvalue weighted by atomic mass is 10.2. The smallest absolute Gasteiger partial charge is 0.191 e. The number of thiophene rings is 1. The van der Waals surface area contributed by atoms with Crippen molar-refractivity contribution in [3.05, 3.63) is 51.4 Å². The second kappa shape index (κ2) is 9.97. The highest BCUT2D eigenvalue weighted by atomic mass is 127. The minimum atomic E-state index is 0. The summed E-state index contributed by atoms with van der Waals surface area (Å²) in [7, 11) is 1.77. The molecular weight excluding hydrogens is 419 g/mol. The van der Waals surface area contributed by atoms with E-state index in [9.17, 15) is 0 Å². The molecule has 2 aromatic heterocycles. The standard InChI is InChI=1S/C14H17ClN4S.HI/c1-16-14(19-9-12-5-7-20-10-12)17-6-4-11-2-3-13(15)18-8-11;/h2-3,5,7-8,10H,4,6,9H2,1H3,(H2,16,17,19);1H. The SMILES string of the molecule is CN=C(NCCc1ccc(Cl)nc1)NCc1ccsc1.I. The highest BCUT2D eigenvalue weighted by Crippen LogP contribution is 2.06. The van der Waals surface area contributed by atoms with Crippen LogP contribution in [0.15, 0.2) is 40.1 Å². The summed E-state index contributed by atoms with van der Waals surface area (Å²) in [5.74, 6) is 0.804. The number of aliphatic imine (C=N–C) groups is 1. The maximum absolute atomic E-state index is 5.75. The largest absolute Gasteiger partial charge is 0.356 e. The lowest BCUT2D eigenvalue weighted by molar-refractivity contribution is 0.794. The van der Waals surface area contributed by atoms with Crippen molar-refractivity contribution >= 4 is 52.9 Å². The van der Waals surface area contributed by atoms with Crippen LogP contribution in [0.4, 0.5) is 0 Å². The average molecular weight is 437 g/mol. The van der Waals surface area contributed by atoms with Gasteiger partial charge in [-0.05, 0) is 40.4 Å². The summed E-state index contributed by atoms with van der Waals surface area (Å²) in [4.78, 5) is 8.25. The van der Waals surface area contributed by atoms with E-state index in [2.05, 4.69) is 37.4 Å². The van der Waals surface area contributed by atoms with Gasteiger partial charge < -0.3 is 10.6 Å². The fourth-order valence-electron chi connectivity index (χ4n) is 1.68. The van der Waals surface area contributed by atoms with Crippen molar-refractivity contribution in [2.75, 3.05) is 13.6 Å². The molecule has 0 fully saturated rings. The van der Waals surface area contributed by atoms with Gasteiger partial charge in [0.25, 0.3) is 0 Å². The summed E-state index contributed by atoms with van der Waals surface area (Å²) >= 11 is 7.45. The molecule has 0 radical (unpaired) electrons. The third-order valence-electron chi connectivity index (χ3n) is 2.76. The van der Waals surface area contributed by atoms with Crippen LogP contribution in [0.5, 0.6) is 0 Å². The van der Waals surface area contributed by atoms with Gasteiger partial charge in [0.2, 0.25) is 0 Å². The van der Waals surface area contributed by atoms with Gasteiger partial charge in [-0.2, -0.15) is 11.3 Å². The highest BCUT2D eigenvalue weighted by Gasteiger charge is 1.99. The van der Waals surface area contributed by atoms with E-state index in [4.69, 9.17) is 11.6 Å². The maximum Gasteiger partial charge on any atom is 0.191 e. The second-order valence-corrected chi connectivity index (χ2v) is 5.39. The number of rotatable bonds is 5. The van der Waals surface area contributed by atoms with Crippen molar-refractivity contribution in [1.29, 1.82) is 0 Å². The monoisotopic (exact) mass is 436 g/mol. The van der Waals surface area contributed by atoms with Crippen molar-refractivity contribution in [3.8, 4) is 0 Å². The summed E-state index contributed by atoms with van der Waals surface area (Å²) < 4.78 is 0. The lowest BCUT2D eigenvalue weighted by Gasteiger charge is -2.11. The quantitative estimate of drug-likeness (QED) is 0.327. The predicted octanol–water partition coefficient (Wildman–Crippen LogP) is 3.32. The molecule has 0 bridgehead atoms. The molecule has 21 heavy (non-hydrogen) atoms. The van der Waals surface area contributed by atoms with Gasteiger partial charge in [0.1, 0.15) is 5.15 Å². The van der Waals surface area contributed by atoms with Gasteiger partial charge >= 0.3 is 0 Å². The first-order chi connectivity index (χ1) is 9.78. The van der Waals surface area contributed by atoms with Crippen molar-refractivity contribution in [3.63, 3.8) is 0 Å². The molecular formula is C14H18ClIN4S. The Morgan fingerprint density at radius 1 is 1.29 bits per heavy atom. The van der Waals surface area contributed by atoms with Gasteiger partial charge in [-0.1, -0.05) is 17.7 Å². The topological polar surface area (TPSA) is 49.3 Å². The van der Waals surface area contributed by atoms with Crippen molar-refractivity contribution < 1.29 is 0 Å². The molecule has 0 saturated carbocycles. The minimum absolute atomic E-state index is 0. The van der Waals surface area contributed by atoms with E-state index in [1.54, 1.807) is 30.6 Å². The number of halogens is 2. The molecule has 2 aromatic rings. The van der Waals surface area contributed by atoms with E-state index in [1.165, 1.54) is 5.56 Å². The molecule has 0 atom stereocenters. The molecule has 0 saturated heterocycles. The Balaban J connectivity index is 0.00000220. The van der Waals surface area contributed by atoms with Gasteiger partial charge in [-0.25, -0.2) is 4.98 Å². The molecule has 0 amide bonds. The number of nitrogens with one attached hydrogen (secondary N) is 2. The van der Waals surface area contributed by atoms with Gasteiger partial charge in [-0.15, -0.1) is 24.0 Å². The summed E-state index contributed by atoms with van der Waals surface area (Å²) in [5, 5.41) is 11.3. The van der Waals surface area contributed by atoms with Crippen LogP contribution in [-0.4, -0.2) is 24.5 Å². The van der Waals surface area contributed by atoms with Crippen LogP contribution in [0, 0.1) is 0 Å². The zero-order valence-corrected chi connectivity index (χ0v) is 15.6. The Morgan fingerprint density at radius 2 is 2.14 bits per heavy atom. The van der Waals surface area contributed by atoms with Crippen LogP contribution in [0.2, 0.25) is 5.15 Å². The molecule has 114 valence electrons. The van der Waals surface area contributed by atoms with E-state index in [-0.39, 0.29) is 24.0 Å². The van der Waals surface area contributed by atoms with E-state index in [1.807, 2.05) is 6.07 Å². The molecule has 4 nitrogen and oxygen atoms in total. The summed E-state index contributed by atoms with van der Waals surface area (Å²) in [5.41, 5.74) is 2.41. The number of hydrogen-bond donors (Lipinski definition) is 2. The van der Waals surface area contributed by atoms with Crippen LogP contribution >= 0.6 is 46.9 Å². The maximum atomic E-state index is 5.75. The Labute approximate surface area is 151 Å². The van der Waals surface area contributed by atoms with Crippen molar-refractivity contribution in [2.24, 2.45) is 4.99 Å². The molecule has 2 N–H and O–H groups in total. The zero-order valence-electron chi connectivity index (χ0n) is 11.7. The lowest BCUT2D eigenvalue weighted by Crippen LogP contribution is -2.37. The molecule has 2 heterocycles. The number of guanidine groups is 1. The third kappa shape index (κ3) is 6.62. The van der Waals surface area contributed by atoms with Gasteiger partial charge in [-0.3, -0.25) is 4.99 Å². The third-order valence-corrected chi connectivity index (χ3v) is 3.71. The Bertz CT molecular complexity index is 543. The van der Waals surface area contributed by atoms with Crippen molar-refractivity contribution in [2.45, 2.75) is 13.0 Å². The number of hydrogen-bond acceptors (Lipinski definition) is 3. The fraction of sp³-hybridized carbons (Fsp3) is 0.286. The normalized spacial score (nSPS) is 10.9. The van der Waals surface area contributed by atoms with Gasteiger partial charge in [0.05, 0.1) is 0 Å². The van der Waals surface area contributed by atoms with Gasteiger partial charge in [0, 0.05) is 26.3 Å². The van der Waals surface area contributed by atoms with E-state index in [0.29, 0.717) is 5.15 Å². The Kier molecular flexibility index (Phi) is 8.63. The summed E-state index contributed by atoms with van der Waals surface area (Å²) in [6.07, 6.45) is 2.68. The molecule has 0 aliphatic heterocycles. The Hall–Kier alpha value is -0.860. The van der Waals surface area contributed by atoms with E-state index in [0.717, 1.165) is 31.0 Å². The average Bonchev–Trinajstić information content (AvgIpc) is 2.98. The number of aromatic nitrogens is 1. The predicted molar refractivity (Wildman–Crippen MR) is 101 cm³/mol. The van der Waals surface area contributed by atoms with Crippen LogP contribution in [0.25, 0.3) is 0 Å². The zero-order chi connectivity index (χ0) is 14.2. The first-order valence-corrected chi connectivity index (χ1v) is 7.66. The molecule has 0 aliphatic carbocycles. The van der Waals surface area contributed by atoms with Crippen molar-refractivity contribution in [1.82, 2.24) is 15.6 Å². The number of nitrogens with zero attached hydrogens (tertiary/aromatic N) is 2. The molecule has 0 aromatic carbocycles. The molecule has 0 spiro atoms. The summed E-state index contributed by atoms with van der Waals surface area (Å²) in [6, 6.07) is 5.89. The van der Waals surface area contributed by atoms with Crippen LogP contribution in [0.1, 0.15) is 11.1 Å².